The molecule has 2 aromatic rings. The van der Waals surface area contributed by atoms with Crippen molar-refractivity contribution in [2.24, 2.45) is 7.05 Å². The Bertz CT molecular complexity index is 874. The molecular weight excluding hydrogens is 358 g/mol. The fourth-order valence-electron chi connectivity index (χ4n) is 3.59. The predicted molar refractivity (Wildman–Crippen MR) is 105 cm³/mol. The van der Waals surface area contributed by atoms with Gasteiger partial charge in [0.15, 0.2) is 0 Å². The van der Waals surface area contributed by atoms with Gasteiger partial charge in [-0.25, -0.2) is 4.79 Å². The SMILES string of the molecule is Cn1cc(-c2cccc(C3(C(=O)O)CCN(C(=O)OC(C)(C)C)CC3)c2)cn1. The number of carboxylic acid groups (broad SMARTS) is 1. The van der Waals surface area contributed by atoms with E-state index >= 15 is 0 Å². The van der Waals surface area contributed by atoms with E-state index in [1.807, 2.05) is 58.3 Å². The maximum absolute atomic E-state index is 12.3. The van der Waals surface area contributed by atoms with Crippen molar-refractivity contribution in [1.82, 2.24) is 14.7 Å². The van der Waals surface area contributed by atoms with Crippen LogP contribution in [0.2, 0.25) is 0 Å². The number of benzene rings is 1. The van der Waals surface area contributed by atoms with Crippen molar-refractivity contribution < 1.29 is 19.4 Å². The minimum atomic E-state index is -1.02. The summed E-state index contributed by atoms with van der Waals surface area (Å²) < 4.78 is 7.14. The lowest BCUT2D eigenvalue weighted by Gasteiger charge is -2.39. The number of ether oxygens (including phenoxy) is 1. The van der Waals surface area contributed by atoms with Gasteiger partial charge in [-0.3, -0.25) is 9.48 Å². The summed E-state index contributed by atoms with van der Waals surface area (Å²) in [5.41, 5.74) is 1.04. The number of piperidine rings is 1. The van der Waals surface area contributed by atoms with Gasteiger partial charge in [-0.1, -0.05) is 18.2 Å². The minimum absolute atomic E-state index is 0.345. The Morgan fingerprint density at radius 3 is 2.39 bits per heavy atom. The van der Waals surface area contributed by atoms with E-state index in [2.05, 4.69) is 5.10 Å². The van der Waals surface area contributed by atoms with E-state index in [1.165, 1.54) is 0 Å². The Balaban J connectivity index is 1.83. The predicted octanol–water partition coefficient (Wildman–Crippen LogP) is 3.44. The number of aliphatic carboxylic acids is 1. The summed E-state index contributed by atoms with van der Waals surface area (Å²) in [5, 5.41) is 14.3. The number of likely N-dealkylation sites (tertiary alicyclic amines) is 1. The second-order valence-electron chi connectivity index (χ2n) is 8.34. The first-order chi connectivity index (χ1) is 13.1. The van der Waals surface area contributed by atoms with E-state index in [0.29, 0.717) is 25.9 Å². The first-order valence-electron chi connectivity index (χ1n) is 9.42. The highest BCUT2D eigenvalue weighted by molar-refractivity contribution is 5.83. The Kier molecular flexibility index (Phi) is 5.19. The van der Waals surface area contributed by atoms with Gasteiger partial charge in [0.25, 0.3) is 0 Å². The van der Waals surface area contributed by atoms with E-state index in [4.69, 9.17) is 4.74 Å². The van der Waals surface area contributed by atoms with Crippen LogP contribution >= 0.6 is 0 Å². The van der Waals surface area contributed by atoms with E-state index in [9.17, 15) is 14.7 Å². The van der Waals surface area contributed by atoms with Gasteiger partial charge >= 0.3 is 12.1 Å². The lowest BCUT2D eigenvalue weighted by atomic mass is 9.72. The Hall–Kier alpha value is -2.83. The summed E-state index contributed by atoms with van der Waals surface area (Å²) in [6, 6.07) is 7.61. The summed E-state index contributed by atoms with van der Waals surface area (Å²) in [5.74, 6) is -0.861. The van der Waals surface area contributed by atoms with E-state index < -0.39 is 23.1 Å². The third-order valence-electron chi connectivity index (χ3n) is 5.13. The average molecular weight is 385 g/mol. The van der Waals surface area contributed by atoms with Gasteiger partial charge in [0.05, 0.1) is 11.6 Å². The number of aryl methyl sites for hydroxylation is 1. The van der Waals surface area contributed by atoms with Gasteiger partial charge in [0.1, 0.15) is 5.60 Å². The lowest BCUT2D eigenvalue weighted by molar-refractivity contribution is -0.146. The molecule has 0 spiro atoms. The topological polar surface area (TPSA) is 84.7 Å². The van der Waals surface area contributed by atoms with E-state index in [0.717, 1.165) is 16.7 Å². The normalized spacial score (nSPS) is 16.6. The fraction of sp³-hybridized carbons (Fsp3) is 0.476. The highest BCUT2D eigenvalue weighted by atomic mass is 16.6. The third-order valence-corrected chi connectivity index (χ3v) is 5.13. The number of hydrogen-bond donors (Lipinski definition) is 1. The van der Waals surface area contributed by atoms with Gasteiger partial charge in [0.2, 0.25) is 0 Å². The van der Waals surface area contributed by atoms with Gasteiger partial charge in [-0.2, -0.15) is 5.10 Å². The van der Waals surface area contributed by atoms with Crippen LogP contribution in [0.1, 0.15) is 39.2 Å². The first-order valence-corrected chi connectivity index (χ1v) is 9.42. The molecule has 7 heteroatoms. The Morgan fingerprint density at radius 1 is 1.18 bits per heavy atom. The molecule has 1 aromatic carbocycles. The molecule has 1 saturated heterocycles. The molecule has 3 rings (SSSR count). The van der Waals surface area contributed by atoms with Gasteiger partial charge in [-0.05, 0) is 50.8 Å². The second-order valence-corrected chi connectivity index (χ2v) is 8.34. The molecule has 0 saturated carbocycles. The zero-order valence-corrected chi connectivity index (χ0v) is 16.8. The van der Waals surface area contributed by atoms with Crippen LogP contribution in [0.15, 0.2) is 36.7 Å². The first kappa shape index (κ1) is 19.9. The number of rotatable bonds is 3. The van der Waals surface area contributed by atoms with Crippen molar-refractivity contribution >= 4 is 12.1 Å². The molecule has 0 radical (unpaired) electrons. The highest BCUT2D eigenvalue weighted by Crippen LogP contribution is 2.38. The number of aromatic nitrogens is 2. The smallest absolute Gasteiger partial charge is 0.410 e. The van der Waals surface area contributed by atoms with Crippen LogP contribution in [-0.2, 0) is 22.0 Å². The Labute approximate surface area is 164 Å². The van der Waals surface area contributed by atoms with Gasteiger partial charge < -0.3 is 14.7 Å². The molecule has 0 aliphatic carbocycles. The number of carbonyl (C=O) groups excluding carboxylic acids is 1. The number of amides is 1. The van der Waals surface area contributed by atoms with Crippen molar-refractivity contribution in [2.45, 2.75) is 44.6 Å². The quantitative estimate of drug-likeness (QED) is 0.875. The zero-order valence-electron chi connectivity index (χ0n) is 16.8. The number of hydrogen-bond acceptors (Lipinski definition) is 4. The van der Waals surface area contributed by atoms with Crippen LogP contribution in [0.5, 0.6) is 0 Å². The summed E-state index contributed by atoms with van der Waals surface area (Å²) in [6.45, 7) is 6.15. The molecule has 150 valence electrons. The van der Waals surface area contributed by atoms with Crippen molar-refractivity contribution in [3.05, 3.63) is 42.2 Å². The van der Waals surface area contributed by atoms with Crippen molar-refractivity contribution in [3.8, 4) is 11.1 Å². The molecule has 1 aliphatic rings. The molecular formula is C21H27N3O4. The Morgan fingerprint density at radius 2 is 1.86 bits per heavy atom. The second kappa shape index (κ2) is 7.30. The molecule has 1 amide bonds. The maximum atomic E-state index is 12.3. The van der Waals surface area contributed by atoms with Crippen molar-refractivity contribution in [2.75, 3.05) is 13.1 Å². The maximum Gasteiger partial charge on any atom is 0.410 e. The molecule has 7 nitrogen and oxygen atoms in total. The molecule has 0 atom stereocenters. The summed E-state index contributed by atoms with van der Waals surface area (Å²) in [4.78, 5) is 26.2. The van der Waals surface area contributed by atoms with Gasteiger partial charge in [0, 0.05) is 31.9 Å². The number of nitrogens with zero attached hydrogens (tertiary/aromatic N) is 3. The number of carboxylic acids is 1. The summed E-state index contributed by atoms with van der Waals surface area (Å²) in [6.07, 6.45) is 3.96. The van der Waals surface area contributed by atoms with Crippen molar-refractivity contribution in [1.29, 1.82) is 0 Å². The molecule has 28 heavy (non-hydrogen) atoms. The van der Waals surface area contributed by atoms with E-state index in [1.54, 1.807) is 15.8 Å². The third kappa shape index (κ3) is 4.03. The average Bonchev–Trinajstić information content (AvgIpc) is 3.07. The number of carbonyl (C=O) groups is 2. The van der Waals surface area contributed by atoms with Crippen LogP contribution in [0, 0.1) is 0 Å². The fourth-order valence-corrected chi connectivity index (χ4v) is 3.59. The standard InChI is InChI=1S/C21H27N3O4/c1-20(2,3)28-19(27)24-10-8-21(9-11-24,18(25)26)17-7-5-6-15(12-17)16-13-22-23(4)14-16/h5-7,12-14H,8-11H2,1-4H3,(H,25,26). The largest absolute Gasteiger partial charge is 0.481 e. The van der Waals surface area contributed by atoms with Crippen molar-refractivity contribution in [3.63, 3.8) is 0 Å². The molecule has 1 aromatic heterocycles. The van der Waals surface area contributed by atoms with Crippen LogP contribution in [0.4, 0.5) is 4.79 Å². The minimum Gasteiger partial charge on any atom is -0.481 e. The van der Waals surface area contributed by atoms with E-state index in [-0.39, 0.29) is 0 Å². The summed E-state index contributed by atoms with van der Waals surface area (Å²) in [7, 11) is 1.85. The molecule has 1 aliphatic heterocycles. The van der Waals surface area contributed by atoms with Crippen LogP contribution in [0.3, 0.4) is 0 Å². The monoisotopic (exact) mass is 385 g/mol. The lowest BCUT2D eigenvalue weighted by Crippen LogP contribution is -2.50. The molecule has 1 N–H and O–H groups in total. The highest BCUT2D eigenvalue weighted by Gasteiger charge is 2.44. The molecule has 0 unspecified atom stereocenters. The van der Waals surface area contributed by atoms with Crippen LogP contribution in [0.25, 0.3) is 11.1 Å². The summed E-state index contributed by atoms with van der Waals surface area (Å²) >= 11 is 0. The van der Waals surface area contributed by atoms with Crippen LogP contribution < -0.4 is 0 Å². The van der Waals surface area contributed by atoms with Gasteiger partial charge in [-0.15, -0.1) is 0 Å². The molecule has 1 fully saturated rings. The molecule has 0 bridgehead atoms. The zero-order chi connectivity index (χ0) is 20.5. The van der Waals surface area contributed by atoms with Crippen LogP contribution in [-0.4, -0.2) is 50.5 Å². The molecule has 2 heterocycles.